The average molecular weight is 374 g/mol. The normalized spacial score (nSPS) is 17.8. The summed E-state index contributed by atoms with van der Waals surface area (Å²) in [4.78, 5) is 26.2. The molecule has 1 unspecified atom stereocenters. The van der Waals surface area contributed by atoms with E-state index >= 15 is 0 Å². The van der Waals surface area contributed by atoms with Crippen LogP contribution < -0.4 is 15.4 Å². The van der Waals surface area contributed by atoms with Crippen molar-refractivity contribution in [1.29, 1.82) is 0 Å². The van der Waals surface area contributed by atoms with Crippen LogP contribution in [0.4, 0.5) is 5.69 Å². The number of rotatable bonds is 5. The van der Waals surface area contributed by atoms with Crippen LogP contribution >= 0.6 is 0 Å². The number of anilines is 1. The highest BCUT2D eigenvalue weighted by atomic mass is 32.2. The van der Waals surface area contributed by atoms with Crippen molar-refractivity contribution in [2.75, 3.05) is 4.90 Å². The van der Waals surface area contributed by atoms with Crippen LogP contribution in [0.1, 0.15) is 17.5 Å². The van der Waals surface area contributed by atoms with Gasteiger partial charge in [0, 0.05) is 5.56 Å². The molecule has 0 radical (unpaired) electrons. The first kappa shape index (κ1) is 18.2. The number of nitrogens with zero attached hydrogens (tertiary/aromatic N) is 1. The van der Waals surface area contributed by atoms with Crippen LogP contribution in [0, 0.1) is 6.92 Å². The van der Waals surface area contributed by atoms with Gasteiger partial charge in [-0.05, 0) is 36.8 Å². The smallest absolute Gasteiger partial charge is 0.292 e. The van der Waals surface area contributed by atoms with Gasteiger partial charge < -0.3 is 5.32 Å². The molecule has 3 rings (SSSR count). The van der Waals surface area contributed by atoms with Gasteiger partial charge in [0.05, 0.1) is 17.0 Å². The quantitative estimate of drug-likeness (QED) is 0.719. The van der Waals surface area contributed by atoms with Crippen molar-refractivity contribution in [3.05, 3.63) is 59.7 Å². The van der Waals surface area contributed by atoms with Crippen molar-refractivity contribution >= 4 is 27.5 Å². The van der Waals surface area contributed by atoms with Gasteiger partial charge in [0.15, 0.2) is 6.04 Å². The number of carbonyl (C=O) groups excluding carboxylic acids is 2. The first-order valence-electron chi connectivity index (χ1n) is 8.14. The number of imide groups is 1. The summed E-state index contributed by atoms with van der Waals surface area (Å²) in [6.07, 6.45) is 0.141. The SMILES string of the molecule is Cc1cccc(N2C(=O)CC([NH2+]Cc3ccc(S(N)(=O)=O)cc3)C2=O)c1. The molecule has 136 valence electrons. The van der Waals surface area contributed by atoms with Crippen molar-refractivity contribution in [3.8, 4) is 0 Å². The molecule has 26 heavy (non-hydrogen) atoms. The van der Waals surface area contributed by atoms with Gasteiger partial charge in [0.1, 0.15) is 6.54 Å². The van der Waals surface area contributed by atoms with E-state index in [1.165, 1.54) is 17.0 Å². The van der Waals surface area contributed by atoms with E-state index in [2.05, 4.69) is 0 Å². The molecule has 8 heteroatoms. The number of amides is 2. The lowest BCUT2D eigenvalue weighted by atomic mass is 10.2. The van der Waals surface area contributed by atoms with Crippen LogP contribution in [0.3, 0.4) is 0 Å². The molecule has 0 aromatic heterocycles. The van der Waals surface area contributed by atoms with E-state index in [-0.39, 0.29) is 23.1 Å². The zero-order valence-corrected chi connectivity index (χ0v) is 15.1. The third kappa shape index (κ3) is 3.82. The van der Waals surface area contributed by atoms with Crippen LogP contribution in [0.2, 0.25) is 0 Å². The molecule has 0 spiro atoms. The van der Waals surface area contributed by atoms with E-state index in [1.807, 2.05) is 25.1 Å². The summed E-state index contributed by atoms with van der Waals surface area (Å²) in [5.41, 5.74) is 2.41. The molecule has 4 N–H and O–H groups in total. The molecule has 7 nitrogen and oxygen atoms in total. The Morgan fingerprint density at radius 2 is 1.85 bits per heavy atom. The van der Waals surface area contributed by atoms with Gasteiger partial charge in [0.2, 0.25) is 15.9 Å². The van der Waals surface area contributed by atoms with Crippen LogP contribution in [0.25, 0.3) is 0 Å². The Kier molecular flexibility index (Phi) is 4.90. The number of hydrogen-bond acceptors (Lipinski definition) is 4. The number of hydrogen-bond donors (Lipinski definition) is 2. The minimum atomic E-state index is -3.72. The van der Waals surface area contributed by atoms with Crippen LogP contribution in [0.5, 0.6) is 0 Å². The summed E-state index contributed by atoms with van der Waals surface area (Å²) in [5.74, 6) is -0.451. The minimum Gasteiger partial charge on any atom is -0.332 e. The minimum absolute atomic E-state index is 0.0407. The van der Waals surface area contributed by atoms with Crippen molar-refractivity contribution in [2.24, 2.45) is 5.14 Å². The van der Waals surface area contributed by atoms with E-state index in [1.54, 1.807) is 23.5 Å². The number of aryl methyl sites for hydroxylation is 1. The second-order valence-electron chi connectivity index (χ2n) is 6.35. The average Bonchev–Trinajstić information content (AvgIpc) is 2.86. The molecule has 1 aliphatic heterocycles. The van der Waals surface area contributed by atoms with Crippen LogP contribution in [-0.4, -0.2) is 26.3 Å². The second kappa shape index (κ2) is 6.99. The maximum atomic E-state index is 12.6. The lowest BCUT2D eigenvalue weighted by molar-refractivity contribution is -0.690. The van der Waals surface area contributed by atoms with Crippen molar-refractivity contribution in [2.45, 2.75) is 30.8 Å². The lowest BCUT2D eigenvalue weighted by Gasteiger charge is -2.14. The molecular weight excluding hydrogens is 354 g/mol. The molecule has 2 aromatic carbocycles. The van der Waals surface area contributed by atoms with Gasteiger partial charge in [-0.15, -0.1) is 0 Å². The first-order chi connectivity index (χ1) is 12.3. The molecule has 1 fully saturated rings. The largest absolute Gasteiger partial charge is 0.332 e. The fraction of sp³-hybridized carbons (Fsp3) is 0.222. The van der Waals surface area contributed by atoms with Crippen LogP contribution in [-0.2, 0) is 26.2 Å². The number of benzene rings is 2. The predicted molar refractivity (Wildman–Crippen MR) is 95.5 cm³/mol. The van der Waals surface area contributed by atoms with Gasteiger partial charge in [-0.1, -0.05) is 24.3 Å². The van der Waals surface area contributed by atoms with Crippen molar-refractivity contribution in [3.63, 3.8) is 0 Å². The molecule has 1 atom stereocenters. The number of sulfonamides is 1. The number of primary sulfonamides is 1. The fourth-order valence-corrected chi connectivity index (χ4v) is 3.49. The maximum absolute atomic E-state index is 12.6. The van der Waals surface area contributed by atoms with E-state index in [0.29, 0.717) is 12.2 Å². The third-order valence-electron chi connectivity index (χ3n) is 4.33. The molecule has 0 bridgehead atoms. The monoisotopic (exact) mass is 374 g/mol. The summed E-state index contributed by atoms with van der Waals surface area (Å²) in [6.45, 7) is 2.36. The molecule has 1 saturated heterocycles. The van der Waals surface area contributed by atoms with E-state index in [9.17, 15) is 18.0 Å². The van der Waals surface area contributed by atoms with Crippen molar-refractivity contribution < 1.29 is 23.3 Å². The number of quaternary nitrogens is 1. The lowest BCUT2D eigenvalue weighted by Crippen LogP contribution is -2.90. The number of nitrogens with two attached hydrogens (primary N) is 2. The second-order valence-corrected chi connectivity index (χ2v) is 7.91. The van der Waals surface area contributed by atoms with Crippen LogP contribution in [0.15, 0.2) is 53.4 Å². The van der Waals surface area contributed by atoms with E-state index in [4.69, 9.17) is 5.14 Å². The molecule has 1 heterocycles. The predicted octanol–water partition coefficient (Wildman–Crippen LogP) is 0.0379. The van der Waals surface area contributed by atoms with Gasteiger partial charge in [-0.3, -0.25) is 9.59 Å². The summed E-state index contributed by atoms with van der Waals surface area (Å²) >= 11 is 0. The fourth-order valence-electron chi connectivity index (χ4n) is 2.97. The zero-order chi connectivity index (χ0) is 18.9. The summed E-state index contributed by atoms with van der Waals surface area (Å²) in [7, 11) is -3.72. The molecule has 0 aliphatic carbocycles. The zero-order valence-electron chi connectivity index (χ0n) is 14.3. The summed E-state index contributed by atoms with van der Waals surface area (Å²) < 4.78 is 22.5. The Labute approximate surface area is 151 Å². The highest BCUT2D eigenvalue weighted by Gasteiger charge is 2.42. The molecule has 1 aliphatic rings. The standard InChI is InChI=1S/C18H19N3O4S/c1-12-3-2-4-14(9-12)21-17(22)10-16(18(21)23)20-11-13-5-7-15(8-6-13)26(19,24)25/h2-9,16,20H,10-11H2,1H3,(H2,19,24,25)/p+1. The highest BCUT2D eigenvalue weighted by Crippen LogP contribution is 2.22. The van der Waals surface area contributed by atoms with E-state index < -0.39 is 16.1 Å². The Hall–Kier alpha value is -2.55. The molecule has 2 amide bonds. The first-order valence-corrected chi connectivity index (χ1v) is 9.69. The Morgan fingerprint density at radius 3 is 2.46 bits per heavy atom. The molecule has 2 aromatic rings. The Bertz CT molecular complexity index is 955. The topological polar surface area (TPSA) is 114 Å². The van der Waals surface area contributed by atoms with E-state index in [0.717, 1.165) is 11.1 Å². The van der Waals surface area contributed by atoms with Gasteiger partial charge in [-0.25, -0.2) is 18.5 Å². The Morgan fingerprint density at radius 1 is 1.15 bits per heavy atom. The van der Waals surface area contributed by atoms with Gasteiger partial charge >= 0.3 is 0 Å². The number of carbonyl (C=O) groups is 2. The highest BCUT2D eigenvalue weighted by molar-refractivity contribution is 7.89. The molecule has 0 saturated carbocycles. The summed E-state index contributed by atoms with van der Waals surface area (Å²) in [5, 5.41) is 6.87. The maximum Gasteiger partial charge on any atom is 0.292 e. The Balaban J connectivity index is 1.68. The van der Waals surface area contributed by atoms with Gasteiger partial charge in [0.25, 0.3) is 5.91 Å². The van der Waals surface area contributed by atoms with Crippen molar-refractivity contribution in [1.82, 2.24) is 0 Å². The van der Waals surface area contributed by atoms with Gasteiger partial charge in [-0.2, -0.15) is 0 Å². The summed E-state index contributed by atoms with van der Waals surface area (Å²) in [6, 6.07) is 12.9. The molecular formula is C18H20N3O4S+. The third-order valence-corrected chi connectivity index (χ3v) is 5.26.